The Labute approximate surface area is 177 Å². The molecular formula is C21H14F5N3O3. The van der Waals surface area contributed by atoms with Gasteiger partial charge in [-0.05, 0) is 36.8 Å². The minimum absolute atomic E-state index is 0.0492. The molecule has 0 aromatic heterocycles. The number of halogens is 5. The molecule has 2 bridgehead atoms. The number of imide groups is 1. The minimum Gasteiger partial charge on any atom is -0.331 e. The summed E-state index contributed by atoms with van der Waals surface area (Å²) in [7, 11) is 0. The first-order valence-corrected chi connectivity index (χ1v) is 9.67. The quantitative estimate of drug-likeness (QED) is 0.520. The Kier molecular flexibility index (Phi) is 4.30. The summed E-state index contributed by atoms with van der Waals surface area (Å²) < 4.78 is 66.3. The van der Waals surface area contributed by atoms with E-state index in [9.17, 15) is 36.3 Å². The number of rotatable bonds is 2. The summed E-state index contributed by atoms with van der Waals surface area (Å²) in [5.41, 5.74) is -1.45. The van der Waals surface area contributed by atoms with E-state index in [4.69, 9.17) is 0 Å². The summed E-state index contributed by atoms with van der Waals surface area (Å²) >= 11 is 0. The zero-order chi connectivity index (χ0) is 22.9. The molecule has 3 fully saturated rings. The minimum atomic E-state index is -4.65. The largest absolute Gasteiger partial charge is 0.416 e. The van der Waals surface area contributed by atoms with Crippen LogP contribution in [0.4, 0.5) is 32.4 Å². The van der Waals surface area contributed by atoms with Crippen molar-refractivity contribution in [2.24, 2.45) is 0 Å². The van der Waals surface area contributed by atoms with Crippen molar-refractivity contribution in [3.8, 4) is 0 Å². The van der Waals surface area contributed by atoms with E-state index < -0.39 is 59.3 Å². The monoisotopic (exact) mass is 451 g/mol. The molecule has 4 amide bonds. The number of carbonyl (C=O) groups is 3. The van der Waals surface area contributed by atoms with E-state index in [-0.39, 0.29) is 17.8 Å². The van der Waals surface area contributed by atoms with Gasteiger partial charge in [0.2, 0.25) is 0 Å². The van der Waals surface area contributed by atoms with Crippen LogP contribution in [0, 0.1) is 11.6 Å². The Balaban J connectivity index is 1.45. The maximum Gasteiger partial charge on any atom is 0.416 e. The number of anilines is 1. The van der Waals surface area contributed by atoms with Crippen molar-refractivity contribution in [1.82, 2.24) is 9.80 Å². The molecule has 0 N–H and O–H groups in total. The van der Waals surface area contributed by atoms with Crippen LogP contribution in [0.3, 0.4) is 0 Å². The maximum atomic E-state index is 13.5. The third kappa shape index (κ3) is 2.94. The number of nitrogens with zero attached hydrogens (tertiary/aromatic N) is 3. The zero-order valence-electron chi connectivity index (χ0n) is 16.1. The lowest BCUT2D eigenvalue weighted by Gasteiger charge is -2.34. The number of amides is 4. The van der Waals surface area contributed by atoms with E-state index in [0.29, 0.717) is 17.4 Å². The molecule has 3 saturated heterocycles. The number of carbonyl (C=O) groups excluding carboxylic acids is 3. The lowest BCUT2D eigenvalue weighted by Crippen LogP contribution is -2.54. The summed E-state index contributed by atoms with van der Waals surface area (Å²) in [6, 6.07) is 3.17. The van der Waals surface area contributed by atoms with Gasteiger partial charge in [0.15, 0.2) is 0 Å². The van der Waals surface area contributed by atoms with Crippen molar-refractivity contribution in [2.45, 2.75) is 30.7 Å². The van der Waals surface area contributed by atoms with E-state index in [2.05, 4.69) is 0 Å². The molecule has 3 aliphatic rings. The van der Waals surface area contributed by atoms with Crippen LogP contribution >= 0.6 is 0 Å². The molecule has 3 aliphatic heterocycles. The second-order valence-electron chi connectivity index (χ2n) is 7.93. The van der Waals surface area contributed by atoms with Gasteiger partial charge in [0.25, 0.3) is 11.8 Å². The molecule has 5 rings (SSSR count). The summed E-state index contributed by atoms with van der Waals surface area (Å²) in [6.07, 6.45) is -4.36. The van der Waals surface area contributed by atoms with Crippen LogP contribution in [0.15, 0.2) is 42.5 Å². The number of benzene rings is 2. The number of hydrogen-bond acceptors (Lipinski definition) is 3. The van der Waals surface area contributed by atoms with Crippen LogP contribution in [-0.2, 0) is 11.0 Å². The van der Waals surface area contributed by atoms with Gasteiger partial charge in [-0.15, -0.1) is 0 Å². The third-order valence-corrected chi connectivity index (χ3v) is 6.07. The SMILES string of the molecule is O=C1[C@H]2C3CC(CN3C(=O)c3cc(F)cc(F)c3)N2C(=O)N1c1cccc(C(F)(F)F)c1. The number of piperazine rings is 1. The molecule has 6 nitrogen and oxygen atoms in total. The van der Waals surface area contributed by atoms with Gasteiger partial charge in [0, 0.05) is 18.2 Å². The van der Waals surface area contributed by atoms with Crippen molar-refractivity contribution < 1.29 is 36.3 Å². The number of urea groups is 1. The Bertz CT molecular complexity index is 1150. The highest BCUT2D eigenvalue weighted by molar-refractivity contribution is 6.22. The normalized spacial score (nSPS) is 24.5. The molecule has 11 heteroatoms. The molecule has 0 radical (unpaired) electrons. The molecule has 0 saturated carbocycles. The zero-order valence-corrected chi connectivity index (χ0v) is 16.1. The van der Waals surface area contributed by atoms with Gasteiger partial charge < -0.3 is 9.80 Å². The van der Waals surface area contributed by atoms with Gasteiger partial charge in [-0.25, -0.2) is 18.5 Å². The van der Waals surface area contributed by atoms with Crippen LogP contribution in [0.25, 0.3) is 0 Å². The van der Waals surface area contributed by atoms with E-state index in [0.717, 1.165) is 30.3 Å². The predicted molar refractivity (Wildman–Crippen MR) is 99.5 cm³/mol. The molecule has 3 atom stereocenters. The molecule has 166 valence electrons. The number of fused-ring (bicyclic) bond motifs is 5. The van der Waals surface area contributed by atoms with Crippen LogP contribution in [0.5, 0.6) is 0 Å². The van der Waals surface area contributed by atoms with E-state index >= 15 is 0 Å². The van der Waals surface area contributed by atoms with Crippen molar-refractivity contribution in [1.29, 1.82) is 0 Å². The third-order valence-electron chi connectivity index (χ3n) is 6.07. The van der Waals surface area contributed by atoms with Crippen molar-refractivity contribution >= 4 is 23.5 Å². The molecule has 3 heterocycles. The molecule has 2 aromatic carbocycles. The fraction of sp³-hybridized carbons (Fsp3) is 0.286. The first kappa shape index (κ1) is 20.4. The van der Waals surface area contributed by atoms with Crippen LogP contribution < -0.4 is 4.90 Å². The standard InChI is InChI=1S/C21H14F5N3O3/c22-12-4-10(5-13(23)7-12)18(30)27-9-15-8-16(27)17-19(31)29(20(32)28(15)17)14-3-1-2-11(6-14)21(24,25)26/h1-7,15-17H,8-9H2/t15?,16?,17-/m1/s1. The van der Waals surface area contributed by atoms with Gasteiger partial charge in [-0.1, -0.05) is 6.07 Å². The number of likely N-dealkylation sites (tertiary alicyclic amines) is 1. The Morgan fingerprint density at radius 3 is 2.34 bits per heavy atom. The number of alkyl halides is 3. The molecule has 0 aliphatic carbocycles. The fourth-order valence-corrected chi connectivity index (χ4v) is 4.79. The highest BCUT2D eigenvalue weighted by Crippen LogP contribution is 2.43. The van der Waals surface area contributed by atoms with Gasteiger partial charge in [-0.3, -0.25) is 9.59 Å². The Morgan fingerprint density at radius 1 is 1.00 bits per heavy atom. The molecular weight excluding hydrogens is 437 g/mol. The first-order chi connectivity index (χ1) is 15.1. The Morgan fingerprint density at radius 2 is 1.69 bits per heavy atom. The van der Waals surface area contributed by atoms with Crippen LogP contribution in [-0.4, -0.2) is 52.3 Å². The highest BCUT2D eigenvalue weighted by atomic mass is 19.4. The first-order valence-electron chi connectivity index (χ1n) is 9.67. The van der Waals surface area contributed by atoms with Gasteiger partial charge in [-0.2, -0.15) is 13.2 Å². The van der Waals surface area contributed by atoms with Crippen molar-refractivity contribution in [2.75, 3.05) is 11.4 Å². The lowest BCUT2D eigenvalue weighted by molar-refractivity contribution is -0.137. The summed E-state index contributed by atoms with van der Waals surface area (Å²) in [5, 5.41) is 0. The molecule has 2 aromatic rings. The molecule has 0 spiro atoms. The van der Waals surface area contributed by atoms with Gasteiger partial charge >= 0.3 is 12.2 Å². The second-order valence-corrected chi connectivity index (χ2v) is 7.93. The Hall–Kier alpha value is -3.50. The van der Waals surface area contributed by atoms with E-state index in [1.165, 1.54) is 15.9 Å². The van der Waals surface area contributed by atoms with E-state index in [1.54, 1.807) is 0 Å². The van der Waals surface area contributed by atoms with Crippen molar-refractivity contribution in [3.05, 3.63) is 65.2 Å². The number of hydrogen-bond donors (Lipinski definition) is 0. The average molecular weight is 451 g/mol. The molecule has 2 unspecified atom stereocenters. The fourth-order valence-electron chi connectivity index (χ4n) is 4.79. The predicted octanol–water partition coefficient (Wildman–Crippen LogP) is 3.42. The molecule has 32 heavy (non-hydrogen) atoms. The summed E-state index contributed by atoms with van der Waals surface area (Å²) in [6.45, 7) is 0.0492. The maximum absolute atomic E-state index is 13.5. The van der Waals surface area contributed by atoms with Gasteiger partial charge in [0.05, 0.1) is 23.3 Å². The second kappa shape index (κ2) is 6.75. The smallest absolute Gasteiger partial charge is 0.331 e. The summed E-state index contributed by atoms with van der Waals surface area (Å²) in [5.74, 6) is -3.29. The van der Waals surface area contributed by atoms with Gasteiger partial charge in [0.1, 0.15) is 17.7 Å². The van der Waals surface area contributed by atoms with Crippen LogP contribution in [0.1, 0.15) is 22.3 Å². The van der Waals surface area contributed by atoms with Crippen LogP contribution in [0.2, 0.25) is 0 Å². The topological polar surface area (TPSA) is 60.9 Å². The van der Waals surface area contributed by atoms with Crippen molar-refractivity contribution in [3.63, 3.8) is 0 Å². The average Bonchev–Trinajstić information content (AvgIpc) is 3.37. The summed E-state index contributed by atoms with van der Waals surface area (Å²) in [4.78, 5) is 42.1. The lowest BCUT2D eigenvalue weighted by atomic mass is 10.1. The highest BCUT2D eigenvalue weighted by Gasteiger charge is 2.63. The van der Waals surface area contributed by atoms with E-state index in [1.807, 2.05) is 0 Å².